The van der Waals surface area contributed by atoms with Gasteiger partial charge in [0, 0.05) is 12.1 Å². The first-order chi connectivity index (χ1) is 13.8. The molecule has 2 heterocycles. The summed E-state index contributed by atoms with van der Waals surface area (Å²) in [4.78, 5) is 0. The van der Waals surface area contributed by atoms with Gasteiger partial charge in [0.2, 0.25) is 0 Å². The molecule has 2 nitrogen and oxygen atoms in total. The third kappa shape index (κ3) is 6.18. The highest BCUT2D eigenvalue weighted by atomic mass is 14.9. The van der Waals surface area contributed by atoms with Gasteiger partial charge in [0.05, 0.1) is 0 Å². The smallest absolute Gasteiger partial charge is 0.0133 e. The molecule has 0 bridgehead atoms. The van der Waals surface area contributed by atoms with Gasteiger partial charge in [0.15, 0.2) is 0 Å². The van der Waals surface area contributed by atoms with Gasteiger partial charge in [0.1, 0.15) is 0 Å². The summed E-state index contributed by atoms with van der Waals surface area (Å²) in [5.41, 5.74) is 2.93. The van der Waals surface area contributed by atoms with Crippen LogP contribution in [0.4, 0.5) is 0 Å². The van der Waals surface area contributed by atoms with Gasteiger partial charge in [-0.15, -0.1) is 0 Å². The lowest BCUT2D eigenvalue weighted by atomic mass is 9.88. The fourth-order valence-corrected chi connectivity index (χ4v) is 4.59. The van der Waals surface area contributed by atoms with E-state index in [1.165, 1.54) is 62.7 Å². The quantitative estimate of drug-likeness (QED) is 0.696. The molecule has 2 aromatic carbocycles. The standard InChI is InChI=1S/2C13H19N/c2*1-11(12-7-3-2-4-8-12)13-9-5-6-10-14-13/h2*2-4,7-8,11,13-14H,5-6,9-10H2,1H3/t11?,13-;11-,13?/m10/s1. The van der Waals surface area contributed by atoms with Crippen LogP contribution in [-0.2, 0) is 0 Å². The number of piperidine rings is 2. The highest BCUT2D eigenvalue weighted by molar-refractivity contribution is 5.21. The molecule has 0 amide bonds. The fourth-order valence-electron chi connectivity index (χ4n) is 4.59. The lowest BCUT2D eigenvalue weighted by molar-refractivity contribution is 0.361. The SMILES string of the molecule is CC(c1ccccc1)[C@H]1CCCCN1.C[C@@H](c1ccccc1)C1CCCCN1. The van der Waals surface area contributed by atoms with Crippen LogP contribution in [0.25, 0.3) is 0 Å². The summed E-state index contributed by atoms with van der Waals surface area (Å²) in [5.74, 6) is 1.30. The van der Waals surface area contributed by atoms with Gasteiger partial charge in [-0.1, -0.05) is 87.4 Å². The Bertz CT molecular complexity index is 583. The highest BCUT2D eigenvalue weighted by Gasteiger charge is 2.21. The second-order valence-electron chi connectivity index (χ2n) is 8.51. The first-order valence-electron chi connectivity index (χ1n) is 11.3. The van der Waals surface area contributed by atoms with Crippen LogP contribution >= 0.6 is 0 Å². The number of nitrogens with one attached hydrogen (secondary N) is 2. The van der Waals surface area contributed by atoms with Gasteiger partial charge in [-0.05, 0) is 61.7 Å². The van der Waals surface area contributed by atoms with Crippen LogP contribution in [0, 0.1) is 0 Å². The molecule has 0 aromatic heterocycles. The van der Waals surface area contributed by atoms with Crippen molar-refractivity contribution in [3.63, 3.8) is 0 Å². The van der Waals surface area contributed by atoms with E-state index in [1.54, 1.807) is 0 Å². The van der Waals surface area contributed by atoms with Crippen molar-refractivity contribution in [1.29, 1.82) is 0 Å². The molecule has 0 spiro atoms. The molecule has 2 aliphatic rings. The first kappa shape index (κ1) is 21.1. The van der Waals surface area contributed by atoms with Crippen LogP contribution in [-0.4, -0.2) is 25.2 Å². The van der Waals surface area contributed by atoms with E-state index < -0.39 is 0 Å². The topological polar surface area (TPSA) is 24.1 Å². The molecule has 2 heteroatoms. The molecule has 152 valence electrons. The van der Waals surface area contributed by atoms with Crippen LogP contribution in [0.1, 0.15) is 75.3 Å². The van der Waals surface area contributed by atoms with Crippen molar-refractivity contribution < 1.29 is 0 Å². The van der Waals surface area contributed by atoms with Crippen LogP contribution in [0.15, 0.2) is 60.7 Å². The largest absolute Gasteiger partial charge is 0.313 e. The summed E-state index contributed by atoms with van der Waals surface area (Å²) >= 11 is 0. The van der Waals surface area contributed by atoms with E-state index >= 15 is 0 Å². The van der Waals surface area contributed by atoms with Gasteiger partial charge in [-0.3, -0.25) is 0 Å². The number of hydrogen-bond donors (Lipinski definition) is 2. The normalized spacial score (nSPS) is 24.5. The van der Waals surface area contributed by atoms with Crippen LogP contribution in [0.3, 0.4) is 0 Å². The van der Waals surface area contributed by atoms with E-state index in [1.807, 2.05) is 0 Å². The first-order valence-corrected chi connectivity index (χ1v) is 11.3. The zero-order valence-electron chi connectivity index (χ0n) is 17.7. The van der Waals surface area contributed by atoms with Crippen molar-refractivity contribution >= 4 is 0 Å². The summed E-state index contributed by atoms with van der Waals surface area (Å²) in [6, 6.07) is 23.0. The summed E-state index contributed by atoms with van der Waals surface area (Å²) < 4.78 is 0. The number of benzene rings is 2. The van der Waals surface area contributed by atoms with Crippen molar-refractivity contribution in [3.05, 3.63) is 71.8 Å². The molecular weight excluding hydrogens is 340 g/mol. The molecule has 4 atom stereocenters. The van der Waals surface area contributed by atoms with Crippen molar-refractivity contribution in [2.24, 2.45) is 0 Å². The molecule has 0 saturated carbocycles. The molecule has 2 aliphatic heterocycles. The van der Waals surface area contributed by atoms with E-state index in [0.717, 1.165) is 0 Å². The molecule has 2 fully saturated rings. The van der Waals surface area contributed by atoms with Crippen molar-refractivity contribution in [2.75, 3.05) is 13.1 Å². The maximum absolute atomic E-state index is 3.62. The Hall–Kier alpha value is -1.64. The molecule has 0 aliphatic carbocycles. The van der Waals surface area contributed by atoms with Crippen molar-refractivity contribution in [1.82, 2.24) is 10.6 Å². The lowest BCUT2D eigenvalue weighted by Gasteiger charge is -2.29. The summed E-state index contributed by atoms with van der Waals surface area (Å²) in [6.07, 6.45) is 8.12. The predicted octanol–water partition coefficient (Wildman–Crippen LogP) is 5.86. The Labute approximate surface area is 172 Å². The van der Waals surface area contributed by atoms with E-state index in [0.29, 0.717) is 23.9 Å². The minimum atomic E-state index is 0.650. The Balaban J connectivity index is 0.000000161. The third-order valence-electron chi connectivity index (χ3n) is 6.55. The average Bonchev–Trinajstić information content (AvgIpc) is 2.81. The molecule has 28 heavy (non-hydrogen) atoms. The Morgan fingerprint density at radius 2 is 1.00 bits per heavy atom. The molecule has 4 rings (SSSR count). The van der Waals surface area contributed by atoms with Crippen LogP contribution in [0.2, 0.25) is 0 Å². The Kier molecular flexibility index (Phi) is 8.57. The summed E-state index contributed by atoms with van der Waals surface area (Å²) in [6.45, 7) is 7.06. The van der Waals surface area contributed by atoms with Gasteiger partial charge in [0.25, 0.3) is 0 Å². The molecule has 2 unspecified atom stereocenters. The maximum Gasteiger partial charge on any atom is 0.0133 e. The van der Waals surface area contributed by atoms with Crippen molar-refractivity contribution in [2.45, 2.75) is 76.3 Å². The summed E-state index contributed by atoms with van der Waals surface area (Å²) in [7, 11) is 0. The second-order valence-corrected chi connectivity index (χ2v) is 8.51. The Morgan fingerprint density at radius 1 is 0.607 bits per heavy atom. The molecule has 2 N–H and O–H groups in total. The zero-order chi connectivity index (χ0) is 19.6. The maximum atomic E-state index is 3.62. The Morgan fingerprint density at radius 3 is 1.32 bits per heavy atom. The monoisotopic (exact) mass is 378 g/mol. The van der Waals surface area contributed by atoms with Gasteiger partial charge in [-0.25, -0.2) is 0 Å². The molecule has 2 saturated heterocycles. The fraction of sp³-hybridized carbons (Fsp3) is 0.538. The highest BCUT2D eigenvalue weighted by Crippen LogP contribution is 2.25. The predicted molar refractivity (Wildman–Crippen MR) is 121 cm³/mol. The molecular formula is C26H38N2. The minimum absolute atomic E-state index is 0.650. The van der Waals surface area contributed by atoms with Gasteiger partial charge < -0.3 is 10.6 Å². The third-order valence-corrected chi connectivity index (χ3v) is 6.55. The van der Waals surface area contributed by atoms with Crippen molar-refractivity contribution in [3.8, 4) is 0 Å². The molecule has 2 aromatic rings. The van der Waals surface area contributed by atoms with Crippen LogP contribution in [0.5, 0.6) is 0 Å². The van der Waals surface area contributed by atoms with E-state index in [9.17, 15) is 0 Å². The van der Waals surface area contributed by atoms with E-state index in [2.05, 4.69) is 85.1 Å². The molecule has 0 radical (unpaired) electrons. The average molecular weight is 379 g/mol. The number of rotatable bonds is 4. The van der Waals surface area contributed by atoms with Crippen LogP contribution < -0.4 is 10.6 Å². The number of hydrogen-bond acceptors (Lipinski definition) is 2. The minimum Gasteiger partial charge on any atom is -0.313 e. The van der Waals surface area contributed by atoms with E-state index in [4.69, 9.17) is 0 Å². The zero-order valence-corrected chi connectivity index (χ0v) is 17.7. The summed E-state index contributed by atoms with van der Waals surface area (Å²) in [5, 5.41) is 7.23. The van der Waals surface area contributed by atoms with Gasteiger partial charge >= 0.3 is 0 Å². The lowest BCUT2D eigenvalue weighted by Crippen LogP contribution is -2.37. The second kappa shape index (κ2) is 11.4. The van der Waals surface area contributed by atoms with Gasteiger partial charge in [-0.2, -0.15) is 0 Å². The van der Waals surface area contributed by atoms with E-state index in [-0.39, 0.29) is 0 Å².